The van der Waals surface area contributed by atoms with Crippen LogP contribution < -0.4 is 5.32 Å². The lowest BCUT2D eigenvalue weighted by atomic mass is 10.1. The van der Waals surface area contributed by atoms with Gasteiger partial charge in [0.1, 0.15) is 5.82 Å². The van der Waals surface area contributed by atoms with Crippen molar-refractivity contribution in [3.05, 3.63) is 63.9 Å². The number of anilines is 1. The Hall–Kier alpha value is -2.05. The van der Waals surface area contributed by atoms with Gasteiger partial charge >= 0.3 is 0 Å². The summed E-state index contributed by atoms with van der Waals surface area (Å²) in [6.45, 7) is 0. The predicted molar refractivity (Wildman–Crippen MR) is 77.3 cm³/mol. The van der Waals surface area contributed by atoms with E-state index in [2.05, 4.69) is 11.4 Å². The van der Waals surface area contributed by atoms with Crippen molar-refractivity contribution < 1.29 is 4.39 Å². The van der Waals surface area contributed by atoms with Gasteiger partial charge < -0.3 is 5.32 Å². The molecule has 0 saturated heterocycles. The summed E-state index contributed by atoms with van der Waals surface area (Å²) in [6.07, 6.45) is 1.77. The first-order chi connectivity index (χ1) is 9.67. The molecule has 0 heterocycles. The van der Waals surface area contributed by atoms with Gasteiger partial charge in [-0.2, -0.15) is 5.26 Å². The van der Waals surface area contributed by atoms with E-state index in [1.54, 1.807) is 18.2 Å². The maximum absolute atomic E-state index is 13.2. The summed E-state index contributed by atoms with van der Waals surface area (Å²) in [5.74, 6) is -0.194. The molecule has 100 valence electrons. The maximum Gasteiger partial charge on any atom is 0.123 e. The van der Waals surface area contributed by atoms with Gasteiger partial charge in [-0.3, -0.25) is 0 Å². The summed E-state index contributed by atoms with van der Waals surface area (Å²) in [5.41, 5.74) is 3.50. The zero-order valence-electron chi connectivity index (χ0n) is 10.7. The van der Waals surface area contributed by atoms with Crippen LogP contribution in [0.1, 0.15) is 29.2 Å². The van der Waals surface area contributed by atoms with Gasteiger partial charge in [0.05, 0.1) is 28.4 Å². The minimum absolute atomic E-state index is 0.135. The minimum atomic E-state index is -0.194. The molecule has 3 rings (SSSR count). The fourth-order valence-corrected chi connectivity index (χ4v) is 2.86. The van der Waals surface area contributed by atoms with Gasteiger partial charge in [0.15, 0.2) is 0 Å². The van der Waals surface area contributed by atoms with E-state index in [0.29, 0.717) is 10.6 Å². The van der Waals surface area contributed by atoms with Gasteiger partial charge in [-0.05, 0) is 54.3 Å². The number of hydrogen-bond acceptors (Lipinski definition) is 2. The van der Waals surface area contributed by atoms with Gasteiger partial charge in [0.25, 0.3) is 0 Å². The number of rotatable bonds is 2. The van der Waals surface area contributed by atoms with Gasteiger partial charge in [-0.1, -0.05) is 17.7 Å². The molecular formula is C16H12ClFN2. The van der Waals surface area contributed by atoms with E-state index in [4.69, 9.17) is 16.9 Å². The molecule has 1 aliphatic carbocycles. The van der Waals surface area contributed by atoms with E-state index in [9.17, 15) is 4.39 Å². The molecule has 0 radical (unpaired) electrons. The molecule has 1 atom stereocenters. The molecule has 0 aromatic heterocycles. The van der Waals surface area contributed by atoms with E-state index in [1.807, 2.05) is 12.1 Å². The summed E-state index contributed by atoms with van der Waals surface area (Å²) in [6, 6.07) is 12.3. The smallest absolute Gasteiger partial charge is 0.123 e. The highest BCUT2D eigenvalue weighted by Gasteiger charge is 2.23. The Bertz CT molecular complexity index is 706. The molecule has 2 aromatic rings. The van der Waals surface area contributed by atoms with Crippen molar-refractivity contribution in [1.82, 2.24) is 0 Å². The monoisotopic (exact) mass is 286 g/mol. The summed E-state index contributed by atoms with van der Waals surface area (Å²) in [7, 11) is 0. The van der Waals surface area contributed by atoms with Crippen LogP contribution in [-0.2, 0) is 6.42 Å². The van der Waals surface area contributed by atoms with Crippen molar-refractivity contribution in [1.29, 1.82) is 5.26 Å². The Balaban J connectivity index is 1.86. The van der Waals surface area contributed by atoms with E-state index in [-0.39, 0.29) is 11.9 Å². The summed E-state index contributed by atoms with van der Waals surface area (Å²) in [5, 5.41) is 12.7. The maximum atomic E-state index is 13.2. The molecule has 0 fully saturated rings. The van der Waals surface area contributed by atoms with Crippen LogP contribution in [0.3, 0.4) is 0 Å². The highest BCUT2D eigenvalue weighted by molar-refractivity contribution is 6.33. The number of nitrogens with zero attached hydrogens (tertiary/aromatic N) is 1. The molecule has 20 heavy (non-hydrogen) atoms. The lowest BCUT2D eigenvalue weighted by molar-refractivity contribution is 0.626. The van der Waals surface area contributed by atoms with Gasteiger partial charge in [-0.15, -0.1) is 0 Å². The second-order valence-electron chi connectivity index (χ2n) is 4.89. The van der Waals surface area contributed by atoms with Crippen molar-refractivity contribution in [3.63, 3.8) is 0 Å². The van der Waals surface area contributed by atoms with Crippen molar-refractivity contribution in [2.45, 2.75) is 18.9 Å². The van der Waals surface area contributed by atoms with E-state index < -0.39 is 0 Å². The van der Waals surface area contributed by atoms with E-state index in [0.717, 1.165) is 29.7 Å². The number of nitriles is 1. The number of nitrogens with one attached hydrogen (secondary N) is 1. The van der Waals surface area contributed by atoms with E-state index >= 15 is 0 Å². The van der Waals surface area contributed by atoms with Crippen LogP contribution in [0.15, 0.2) is 36.4 Å². The Kier molecular flexibility index (Phi) is 3.33. The van der Waals surface area contributed by atoms with Crippen LogP contribution in [-0.4, -0.2) is 0 Å². The largest absolute Gasteiger partial charge is 0.377 e. The molecule has 1 unspecified atom stereocenters. The number of aryl methyl sites for hydroxylation is 1. The molecule has 0 spiro atoms. The lowest BCUT2D eigenvalue weighted by Crippen LogP contribution is -2.07. The molecule has 0 bridgehead atoms. The summed E-state index contributed by atoms with van der Waals surface area (Å²) >= 11 is 6.17. The highest BCUT2D eigenvalue weighted by Crippen LogP contribution is 2.36. The zero-order valence-corrected chi connectivity index (χ0v) is 11.4. The third-order valence-corrected chi connectivity index (χ3v) is 3.92. The van der Waals surface area contributed by atoms with Crippen LogP contribution in [0.4, 0.5) is 10.1 Å². The number of fused-ring (bicyclic) bond motifs is 1. The topological polar surface area (TPSA) is 35.8 Å². The number of halogens is 2. The standard InChI is InChI=1S/C16H12ClFN2/c17-14-7-10(9-19)1-5-16(14)20-15-6-2-11-8-12(18)3-4-13(11)15/h1,3-5,7-8,15,20H,2,6H2. The fraction of sp³-hybridized carbons (Fsp3) is 0.188. The highest BCUT2D eigenvalue weighted by atomic mass is 35.5. The van der Waals surface area contributed by atoms with Crippen LogP contribution in [0.25, 0.3) is 0 Å². The average molecular weight is 287 g/mol. The molecule has 1 aliphatic rings. The predicted octanol–water partition coefficient (Wildman–Crippen LogP) is 4.45. The quantitative estimate of drug-likeness (QED) is 0.885. The first-order valence-electron chi connectivity index (χ1n) is 6.42. The average Bonchev–Trinajstić information content (AvgIpc) is 2.83. The number of hydrogen-bond donors (Lipinski definition) is 1. The van der Waals surface area contributed by atoms with Gasteiger partial charge in [0, 0.05) is 0 Å². The SMILES string of the molecule is N#Cc1ccc(NC2CCc3cc(F)ccc32)c(Cl)c1. The van der Waals surface area contributed by atoms with Crippen molar-refractivity contribution in [3.8, 4) is 6.07 Å². The molecule has 0 aliphatic heterocycles. The Morgan fingerprint density at radius 1 is 1.25 bits per heavy atom. The molecule has 4 heteroatoms. The van der Waals surface area contributed by atoms with Crippen LogP contribution in [0.2, 0.25) is 5.02 Å². The third kappa shape index (κ3) is 2.35. The molecular weight excluding hydrogens is 275 g/mol. The Labute approximate surface area is 121 Å². The molecule has 0 saturated carbocycles. The zero-order chi connectivity index (χ0) is 14.1. The third-order valence-electron chi connectivity index (χ3n) is 3.61. The van der Waals surface area contributed by atoms with Crippen molar-refractivity contribution in [2.75, 3.05) is 5.32 Å². The lowest BCUT2D eigenvalue weighted by Gasteiger charge is -2.16. The Morgan fingerprint density at radius 2 is 2.10 bits per heavy atom. The van der Waals surface area contributed by atoms with Crippen molar-refractivity contribution in [2.24, 2.45) is 0 Å². The summed E-state index contributed by atoms with van der Waals surface area (Å²) in [4.78, 5) is 0. The first-order valence-corrected chi connectivity index (χ1v) is 6.79. The second-order valence-corrected chi connectivity index (χ2v) is 5.29. The first kappa shape index (κ1) is 13.0. The van der Waals surface area contributed by atoms with Crippen LogP contribution in [0, 0.1) is 17.1 Å². The normalized spacial score (nSPS) is 16.6. The van der Waals surface area contributed by atoms with Crippen LogP contribution >= 0.6 is 11.6 Å². The van der Waals surface area contributed by atoms with E-state index in [1.165, 1.54) is 6.07 Å². The summed E-state index contributed by atoms with van der Waals surface area (Å²) < 4.78 is 13.2. The fourth-order valence-electron chi connectivity index (χ4n) is 2.63. The minimum Gasteiger partial charge on any atom is -0.377 e. The molecule has 2 nitrogen and oxygen atoms in total. The second kappa shape index (κ2) is 5.15. The Morgan fingerprint density at radius 3 is 2.85 bits per heavy atom. The molecule has 2 aromatic carbocycles. The van der Waals surface area contributed by atoms with Crippen LogP contribution in [0.5, 0.6) is 0 Å². The van der Waals surface area contributed by atoms with Crippen molar-refractivity contribution >= 4 is 17.3 Å². The van der Waals surface area contributed by atoms with Gasteiger partial charge in [0.2, 0.25) is 0 Å². The van der Waals surface area contributed by atoms with Gasteiger partial charge in [-0.25, -0.2) is 4.39 Å². The molecule has 1 N–H and O–H groups in total. The number of benzene rings is 2. The molecule has 0 amide bonds.